The second kappa shape index (κ2) is 11.5. The highest BCUT2D eigenvalue weighted by Crippen LogP contribution is 2.33. The number of nitrogens with two attached hydrogens (primary N) is 1. The number of nitrogens with zero attached hydrogens (tertiary/aromatic N) is 6. The number of anilines is 2. The van der Waals surface area contributed by atoms with E-state index in [4.69, 9.17) is 10.5 Å². The van der Waals surface area contributed by atoms with Gasteiger partial charge in [0, 0.05) is 50.7 Å². The number of ether oxygens (including phenoxy) is 1. The molecule has 1 aromatic heterocycles. The van der Waals surface area contributed by atoms with Crippen LogP contribution in [0.2, 0.25) is 0 Å². The Morgan fingerprint density at radius 1 is 1.16 bits per heavy atom. The zero-order chi connectivity index (χ0) is 27.3. The summed E-state index contributed by atoms with van der Waals surface area (Å²) >= 11 is 0. The summed E-state index contributed by atoms with van der Waals surface area (Å²) < 4.78 is 7.18. The predicted octanol–water partition coefficient (Wildman–Crippen LogP) is 3.37. The quantitative estimate of drug-likeness (QED) is 0.542. The highest BCUT2D eigenvalue weighted by atomic mass is 16.6. The summed E-state index contributed by atoms with van der Waals surface area (Å²) in [6.45, 7) is 12.3. The Kier molecular flexibility index (Phi) is 8.69. The molecule has 0 saturated carbocycles. The zero-order valence-corrected chi connectivity index (χ0v) is 22.8. The van der Waals surface area contributed by atoms with E-state index in [0.29, 0.717) is 38.4 Å². The van der Waals surface area contributed by atoms with Crippen LogP contribution in [0.5, 0.6) is 0 Å². The van der Waals surface area contributed by atoms with Crippen LogP contribution in [0, 0.1) is 17.2 Å². The van der Waals surface area contributed by atoms with Crippen molar-refractivity contribution in [2.75, 3.05) is 42.5 Å². The van der Waals surface area contributed by atoms with Crippen LogP contribution in [0.25, 0.3) is 11.1 Å². The summed E-state index contributed by atoms with van der Waals surface area (Å²) in [7, 11) is 1.82. The van der Waals surface area contributed by atoms with Crippen molar-refractivity contribution < 1.29 is 14.3 Å². The standard InChI is InChI=1S/C27H39N7O3/c1-19(2)17-23(24(29)35)34(12-11-28)25-22(18-31(6)30-25)20-7-9-21(10-8-20)32-13-15-33(16-14-32)26(36)37-27(3,4)5/h7-10,18-19,23H,12-17H2,1-6H3,(H2,29,35). The van der Waals surface area contributed by atoms with Crippen molar-refractivity contribution in [3.05, 3.63) is 30.5 Å². The van der Waals surface area contributed by atoms with Crippen LogP contribution in [0.1, 0.15) is 41.0 Å². The summed E-state index contributed by atoms with van der Waals surface area (Å²) in [6.07, 6.45) is 2.14. The van der Waals surface area contributed by atoms with Gasteiger partial charge < -0.3 is 25.2 Å². The molecule has 0 aliphatic carbocycles. The number of aryl methyl sites for hydroxylation is 1. The number of hydrogen-bond donors (Lipinski definition) is 1. The lowest BCUT2D eigenvalue weighted by Gasteiger charge is -2.36. The van der Waals surface area contributed by atoms with E-state index in [0.717, 1.165) is 16.8 Å². The highest BCUT2D eigenvalue weighted by molar-refractivity contribution is 5.86. The number of primary amides is 1. The molecule has 1 aliphatic rings. The largest absolute Gasteiger partial charge is 0.444 e. The van der Waals surface area contributed by atoms with Gasteiger partial charge in [0.05, 0.1) is 6.07 Å². The maximum absolute atomic E-state index is 12.4. The average Bonchev–Trinajstić information content (AvgIpc) is 3.21. The Hall–Kier alpha value is -3.74. The number of aromatic nitrogens is 2. The predicted molar refractivity (Wildman–Crippen MR) is 144 cm³/mol. The van der Waals surface area contributed by atoms with E-state index in [9.17, 15) is 14.9 Å². The van der Waals surface area contributed by atoms with Gasteiger partial charge in [-0.05, 0) is 50.8 Å². The normalized spacial score (nSPS) is 14.9. The summed E-state index contributed by atoms with van der Waals surface area (Å²) in [5.74, 6) is 0.314. The summed E-state index contributed by atoms with van der Waals surface area (Å²) in [4.78, 5) is 30.4. The molecule has 10 heteroatoms. The highest BCUT2D eigenvalue weighted by Gasteiger charge is 2.30. The van der Waals surface area contributed by atoms with Crippen molar-refractivity contribution in [1.82, 2.24) is 14.7 Å². The molecule has 3 rings (SSSR count). The van der Waals surface area contributed by atoms with Crippen LogP contribution in [0.15, 0.2) is 30.5 Å². The molecule has 1 aliphatic heterocycles. The molecule has 200 valence electrons. The molecule has 2 aromatic rings. The fourth-order valence-corrected chi connectivity index (χ4v) is 4.47. The molecule has 0 radical (unpaired) electrons. The van der Waals surface area contributed by atoms with Crippen LogP contribution in [-0.4, -0.2) is 71.0 Å². The Labute approximate surface area is 219 Å². The van der Waals surface area contributed by atoms with Crippen molar-refractivity contribution in [3.8, 4) is 17.2 Å². The van der Waals surface area contributed by atoms with Crippen LogP contribution in [0.3, 0.4) is 0 Å². The third kappa shape index (κ3) is 7.15. The van der Waals surface area contributed by atoms with E-state index in [-0.39, 0.29) is 18.6 Å². The van der Waals surface area contributed by atoms with Gasteiger partial charge in [0.15, 0.2) is 5.82 Å². The maximum Gasteiger partial charge on any atom is 0.410 e. The number of benzene rings is 1. The molecule has 37 heavy (non-hydrogen) atoms. The molecule has 1 atom stereocenters. The average molecular weight is 510 g/mol. The van der Waals surface area contributed by atoms with Crippen LogP contribution in [-0.2, 0) is 16.6 Å². The molecule has 1 aromatic carbocycles. The number of hydrogen-bond acceptors (Lipinski definition) is 7. The van der Waals surface area contributed by atoms with Gasteiger partial charge in [0.25, 0.3) is 0 Å². The van der Waals surface area contributed by atoms with E-state index >= 15 is 0 Å². The first-order valence-electron chi connectivity index (χ1n) is 12.7. The van der Waals surface area contributed by atoms with E-state index in [1.165, 1.54) is 0 Å². The van der Waals surface area contributed by atoms with E-state index < -0.39 is 17.6 Å². The van der Waals surface area contributed by atoms with Gasteiger partial charge >= 0.3 is 6.09 Å². The number of carbonyl (C=O) groups excluding carboxylic acids is 2. The fourth-order valence-electron chi connectivity index (χ4n) is 4.47. The van der Waals surface area contributed by atoms with Gasteiger partial charge in [-0.1, -0.05) is 26.0 Å². The Morgan fingerprint density at radius 2 is 1.78 bits per heavy atom. The maximum atomic E-state index is 12.4. The third-order valence-electron chi connectivity index (χ3n) is 6.20. The topological polar surface area (TPSA) is 121 Å². The summed E-state index contributed by atoms with van der Waals surface area (Å²) in [5, 5.41) is 14.1. The van der Waals surface area contributed by atoms with Gasteiger partial charge in [-0.3, -0.25) is 9.48 Å². The van der Waals surface area contributed by atoms with Crippen molar-refractivity contribution in [1.29, 1.82) is 5.26 Å². The lowest BCUT2D eigenvalue weighted by Crippen LogP contribution is -2.50. The molecular weight excluding hydrogens is 470 g/mol. The van der Waals surface area contributed by atoms with Crippen LogP contribution < -0.4 is 15.5 Å². The number of amides is 2. The molecule has 2 amide bonds. The Morgan fingerprint density at radius 3 is 2.30 bits per heavy atom. The first-order chi connectivity index (χ1) is 17.4. The second-order valence-electron chi connectivity index (χ2n) is 10.9. The minimum atomic E-state index is -0.631. The van der Waals surface area contributed by atoms with Crippen molar-refractivity contribution in [2.45, 2.75) is 52.7 Å². The van der Waals surface area contributed by atoms with Gasteiger partial charge in [-0.25, -0.2) is 4.79 Å². The van der Waals surface area contributed by atoms with Gasteiger partial charge in [-0.2, -0.15) is 10.4 Å². The Bertz CT molecular complexity index is 1120. The molecule has 2 N–H and O–H groups in total. The van der Waals surface area contributed by atoms with Gasteiger partial charge in [0.2, 0.25) is 5.91 Å². The minimum absolute atomic E-state index is 0.00432. The Balaban J connectivity index is 1.79. The molecule has 1 fully saturated rings. The van der Waals surface area contributed by atoms with Crippen LogP contribution in [0.4, 0.5) is 16.3 Å². The monoisotopic (exact) mass is 509 g/mol. The summed E-state index contributed by atoms with van der Waals surface area (Å²) in [6, 6.07) is 9.66. The molecule has 1 unspecified atom stereocenters. The lowest BCUT2D eigenvalue weighted by molar-refractivity contribution is -0.119. The molecule has 10 nitrogen and oxygen atoms in total. The van der Waals surface area contributed by atoms with Crippen LogP contribution >= 0.6 is 0 Å². The number of piperazine rings is 1. The SMILES string of the molecule is CC(C)CC(C(N)=O)N(CC#N)c1nn(C)cc1-c1ccc(N2CCN(C(=O)OC(C)(C)C)CC2)cc1. The molecule has 2 heterocycles. The summed E-state index contributed by atoms with van der Waals surface area (Å²) in [5.41, 5.74) is 8.05. The minimum Gasteiger partial charge on any atom is -0.444 e. The van der Waals surface area contributed by atoms with E-state index in [2.05, 4.69) is 16.1 Å². The van der Waals surface area contributed by atoms with E-state index in [1.807, 2.05) is 72.1 Å². The number of rotatable bonds is 8. The van der Waals surface area contributed by atoms with Gasteiger partial charge in [-0.15, -0.1) is 0 Å². The molecular formula is C27H39N7O3. The van der Waals surface area contributed by atoms with Gasteiger partial charge in [0.1, 0.15) is 18.2 Å². The lowest BCUT2D eigenvalue weighted by atomic mass is 10.0. The first kappa shape index (κ1) is 27.8. The van der Waals surface area contributed by atoms with Crippen molar-refractivity contribution in [2.24, 2.45) is 18.7 Å². The zero-order valence-electron chi connectivity index (χ0n) is 22.8. The third-order valence-corrected chi connectivity index (χ3v) is 6.20. The first-order valence-corrected chi connectivity index (χ1v) is 12.7. The second-order valence-corrected chi connectivity index (χ2v) is 10.9. The van der Waals surface area contributed by atoms with Crippen molar-refractivity contribution >= 4 is 23.5 Å². The fraction of sp³-hybridized carbons (Fsp3) is 0.556. The van der Waals surface area contributed by atoms with Crippen molar-refractivity contribution in [3.63, 3.8) is 0 Å². The van der Waals surface area contributed by atoms with E-state index in [1.54, 1.807) is 14.5 Å². The number of carbonyl (C=O) groups is 2. The number of nitriles is 1. The molecule has 0 spiro atoms. The molecule has 0 bridgehead atoms. The smallest absolute Gasteiger partial charge is 0.410 e. The molecule has 1 saturated heterocycles.